The highest BCUT2D eigenvalue weighted by atomic mass is 19.4. The Bertz CT molecular complexity index is 1070. The third-order valence-corrected chi connectivity index (χ3v) is 4.94. The molecule has 1 atom stereocenters. The number of rotatable bonds is 6. The summed E-state index contributed by atoms with van der Waals surface area (Å²) in [4.78, 5) is 12.9. The Kier molecular flexibility index (Phi) is 6.51. The summed E-state index contributed by atoms with van der Waals surface area (Å²) in [6.07, 6.45) is 7.15. The minimum atomic E-state index is -4.74. The summed E-state index contributed by atoms with van der Waals surface area (Å²) in [5.74, 6) is 2.22. The van der Waals surface area contributed by atoms with Gasteiger partial charge in [-0.3, -0.25) is 4.98 Å². The first-order chi connectivity index (χ1) is 15.1. The van der Waals surface area contributed by atoms with E-state index in [2.05, 4.69) is 25.6 Å². The average Bonchev–Trinajstić information content (AvgIpc) is 2.74. The van der Waals surface area contributed by atoms with E-state index < -0.39 is 17.4 Å². The first kappa shape index (κ1) is 23.2. The van der Waals surface area contributed by atoms with Gasteiger partial charge in [0.1, 0.15) is 24.3 Å². The van der Waals surface area contributed by atoms with Gasteiger partial charge in [-0.2, -0.15) is 0 Å². The zero-order valence-corrected chi connectivity index (χ0v) is 17.8. The molecule has 0 N–H and O–H groups in total. The van der Waals surface area contributed by atoms with Crippen LogP contribution in [-0.2, 0) is 10.3 Å². The van der Waals surface area contributed by atoms with Gasteiger partial charge in [-0.05, 0) is 23.8 Å². The highest BCUT2D eigenvalue weighted by Gasteiger charge is 2.48. The third-order valence-electron chi connectivity index (χ3n) is 4.94. The molecule has 0 aliphatic carbocycles. The SMILES string of the molecule is C#CCOC(c1cncnc1)(c1ccc(-c2ccc(OC(F)(F)F)cc2)cn1)C(C)(C)C. The molecule has 5 nitrogen and oxygen atoms in total. The van der Waals surface area contributed by atoms with E-state index in [4.69, 9.17) is 11.2 Å². The predicted octanol–water partition coefficient (Wildman–Crippen LogP) is 5.38. The molecule has 2 aromatic heterocycles. The van der Waals surface area contributed by atoms with E-state index in [1.165, 1.54) is 30.6 Å². The van der Waals surface area contributed by atoms with Crippen molar-refractivity contribution in [3.63, 3.8) is 0 Å². The first-order valence-electron chi connectivity index (χ1n) is 9.72. The Morgan fingerprint density at radius 2 is 1.53 bits per heavy atom. The summed E-state index contributed by atoms with van der Waals surface area (Å²) < 4.78 is 47.3. The molecule has 0 saturated heterocycles. The van der Waals surface area contributed by atoms with Gasteiger partial charge in [0.05, 0.1) is 5.69 Å². The first-order valence-corrected chi connectivity index (χ1v) is 9.72. The number of nitrogens with zero attached hydrogens (tertiary/aromatic N) is 3. The molecule has 166 valence electrons. The number of ether oxygens (including phenoxy) is 2. The van der Waals surface area contributed by atoms with Gasteiger partial charge in [0.25, 0.3) is 0 Å². The Morgan fingerprint density at radius 3 is 2.03 bits per heavy atom. The van der Waals surface area contributed by atoms with Crippen LogP contribution >= 0.6 is 0 Å². The van der Waals surface area contributed by atoms with Gasteiger partial charge >= 0.3 is 6.36 Å². The largest absolute Gasteiger partial charge is 0.573 e. The van der Waals surface area contributed by atoms with E-state index in [0.717, 1.165) is 5.56 Å². The van der Waals surface area contributed by atoms with Crippen LogP contribution in [0.1, 0.15) is 32.0 Å². The predicted molar refractivity (Wildman–Crippen MR) is 113 cm³/mol. The number of aromatic nitrogens is 3. The van der Waals surface area contributed by atoms with Crippen molar-refractivity contribution in [1.29, 1.82) is 0 Å². The second-order valence-electron chi connectivity index (χ2n) is 8.06. The average molecular weight is 441 g/mol. The summed E-state index contributed by atoms with van der Waals surface area (Å²) in [7, 11) is 0. The van der Waals surface area contributed by atoms with Gasteiger partial charge in [0.2, 0.25) is 0 Å². The molecule has 0 aliphatic heterocycles. The summed E-state index contributed by atoms with van der Waals surface area (Å²) in [6, 6.07) is 9.22. The third kappa shape index (κ3) is 4.89. The van der Waals surface area contributed by atoms with Crippen LogP contribution in [0, 0.1) is 17.8 Å². The minimum Gasteiger partial charge on any atom is -0.406 e. The van der Waals surface area contributed by atoms with Crippen molar-refractivity contribution in [3.8, 4) is 29.2 Å². The van der Waals surface area contributed by atoms with E-state index in [0.29, 0.717) is 16.8 Å². The second-order valence-corrected chi connectivity index (χ2v) is 8.06. The van der Waals surface area contributed by atoms with Crippen molar-refractivity contribution in [2.75, 3.05) is 6.61 Å². The smallest absolute Gasteiger partial charge is 0.406 e. The van der Waals surface area contributed by atoms with Crippen LogP contribution in [0.5, 0.6) is 5.75 Å². The molecule has 0 spiro atoms. The van der Waals surface area contributed by atoms with Crippen LogP contribution in [-0.4, -0.2) is 27.9 Å². The summed E-state index contributed by atoms with van der Waals surface area (Å²) in [6.45, 7) is 6.07. The van der Waals surface area contributed by atoms with Gasteiger partial charge in [0, 0.05) is 35.1 Å². The van der Waals surface area contributed by atoms with Crippen LogP contribution in [0.2, 0.25) is 0 Å². The van der Waals surface area contributed by atoms with Crippen LogP contribution in [0.15, 0.2) is 61.3 Å². The van der Waals surface area contributed by atoms with E-state index in [1.54, 1.807) is 18.6 Å². The zero-order chi connectivity index (χ0) is 23.4. The van der Waals surface area contributed by atoms with Gasteiger partial charge in [0.15, 0.2) is 0 Å². The maximum atomic E-state index is 12.4. The quantitative estimate of drug-likeness (QED) is 0.481. The molecular formula is C24H22F3N3O2. The van der Waals surface area contributed by atoms with E-state index in [-0.39, 0.29) is 12.4 Å². The minimum absolute atomic E-state index is 0.0518. The lowest BCUT2D eigenvalue weighted by Crippen LogP contribution is -2.45. The number of hydrogen-bond acceptors (Lipinski definition) is 5. The van der Waals surface area contributed by atoms with E-state index in [9.17, 15) is 13.2 Å². The van der Waals surface area contributed by atoms with Crippen LogP contribution in [0.25, 0.3) is 11.1 Å². The molecular weight excluding hydrogens is 419 g/mol. The van der Waals surface area contributed by atoms with Crippen molar-refractivity contribution in [3.05, 3.63) is 72.6 Å². The lowest BCUT2D eigenvalue weighted by Gasteiger charge is -2.43. The molecule has 3 rings (SSSR count). The maximum Gasteiger partial charge on any atom is 0.573 e. The number of pyridine rings is 1. The van der Waals surface area contributed by atoms with Crippen molar-refractivity contribution >= 4 is 0 Å². The lowest BCUT2D eigenvalue weighted by molar-refractivity contribution is -0.274. The number of alkyl halides is 3. The van der Waals surface area contributed by atoms with E-state index >= 15 is 0 Å². The maximum absolute atomic E-state index is 12.4. The van der Waals surface area contributed by atoms with Gasteiger partial charge in [-0.1, -0.05) is 44.9 Å². The summed E-state index contributed by atoms with van der Waals surface area (Å²) >= 11 is 0. The molecule has 3 aromatic rings. The topological polar surface area (TPSA) is 57.1 Å². The van der Waals surface area contributed by atoms with Crippen LogP contribution in [0.3, 0.4) is 0 Å². The van der Waals surface area contributed by atoms with Gasteiger partial charge in [-0.15, -0.1) is 19.6 Å². The molecule has 1 unspecified atom stereocenters. The highest BCUT2D eigenvalue weighted by Crippen LogP contribution is 2.47. The Hall–Kier alpha value is -3.44. The lowest BCUT2D eigenvalue weighted by atomic mass is 9.70. The van der Waals surface area contributed by atoms with Crippen molar-refractivity contribution in [1.82, 2.24) is 15.0 Å². The standard InChI is InChI=1S/C24H22F3N3O2/c1-5-12-31-23(22(2,3)4,19-14-28-16-29-15-19)21-11-8-18(13-30-21)17-6-9-20(10-7-17)32-24(25,26)27/h1,6-11,13-16H,12H2,2-4H3. The molecule has 0 bridgehead atoms. The number of halogens is 3. The molecule has 0 fully saturated rings. The van der Waals surface area contributed by atoms with Crippen molar-refractivity contribution in [2.45, 2.75) is 32.7 Å². The summed E-state index contributed by atoms with van der Waals surface area (Å²) in [5.41, 5.74) is 1.22. The van der Waals surface area contributed by atoms with Crippen LogP contribution < -0.4 is 4.74 Å². The number of hydrogen-bond donors (Lipinski definition) is 0. The molecule has 32 heavy (non-hydrogen) atoms. The molecule has 8 heteroatoms. The van der Waals surface area contributed by atoms with Gasteiger partial charge < -0.3 is 9.47 Å². The Balaban J connectivity index is 2.01. The second kappa shape index (κ2) is 8.97. The van der Waals surface area contributed by atoms with Crippen LogP contribution in [0.4, 0.5) is 13.2 Å². The molecule has 0 saturated carbocycles. The molecule has 0 radical (unpaired) electrons. The number of benzene rings is 1. The fraction of sp³-hybridized carbons (Fsp3) is 0.292. The molecule has 0 amide bonds. The van der Waals surface area contributed by atoms with Gasteiger partial charge in [-0.25, -0.2) is 9.97 Å². The van der Waals surface area contributed by atoms with Crippen molar-refractivity contribution < 1.29 is 22.6 Å². The highest BCUT2D eigenvalue weighted by molar-refractivity contribution is 5.63. The molecule has 1 aromatic carbocycles. The fourth-order valence-electron chi connectivity index (χ4n) is 3.59. The molecule has 0 aliphatic rings. The molecule has 2 heterocycles. The van der Waals surface area contributed by atoms with E-state index in [1.807, 2.05) is 32.9 Å². The monoisotopic (exact) mass is 441 g/mol. The Labute approximate surface area is 184 Å². The summed E-state index contributed by atoms with van der Waals surface area (Å²) in [5, 5.41) is 0. The normalized spacial score (nSPS) is 13.8. The van der Waals surface area contributed by atoms with Crippen molar-refractivity contribution in [2.24, 2.45) is 5.41 Å². The zero-order valence-electron chi connectivity index (χ0n) is 17.8. The number of terminal acetylenes is 1. The Morgan fingerprint density at radius 1 is 0.906 bits per heavy atom. The fourth-order valence-corrected chi connectivity index (χ4v) is 3.59.